The lowest BCUT2D eigenvalue weighted by molar-refractivity contribution is 0.537. The third-order valence-electron chi connectivity index (χ3n) is 1.87. The molecular formula is C9H15. The maximum absolute atomic E-state index is 4.05. The van der Waals surface area contributed by atoms with Crippen LogP contribution in [0.5, 0.6) is 0 Å². The molecule has 1 rings (SSSR count). The Labute approximate surface area is 58.0 Å². The van der Waals surface area contributed by atoms with E-state index in [1.54, 1.807) is 0 Å². The van der Waals surface area contributed by atoms with Gasteiger partial charge in [0.2, 0.25) is 0 Å². The minimum atomic E-state index is 0.682. The first-order valence-corrected chi connectivity index (χ1v) is 3.87. The minimum Gasteiger partial charge on any atom is -0.0885 e. The van der Waals surface area contributed by atoms with E-state index in [1.807, 2.05) is 0 Å². The predicted octanol–water partition coefficient (Wildman–Crippen LogP) is 2.96. The molecule has 0 aromatic rings. The maximum Gasteiger partial charge on any atom is -0.0322 e. The van der Waals surface area contributed by atoms with Gasteiger partial charge in [0, 0.05) is 0 Å². The Hall–Kier alpha value is -0.260. The van der Waals surface area contributed by atoms with E-state index in [9.17, 15) is 0 Å². The number of hydrogen-bond acceptors (Lipinski definition) is 0. The molecule has 51 valence electrons. The Kier molecular flexibility index (Phi) is 2.82. The van der Waals surface area contributed by atoms with Gasteiger partial charge in [0.1, 0.15) is 0 Å². The summed E-state index contributed by atoms with van der Waals surface area (Å²) < 4.78 is 0. The number of allylic oxidation sites excluding steroid dienone is 2. The van der Waals surface area contributed by atoms with Gasteiger partial charge in [-0.2, -0.15) is 0 Å². The molecule has 1 aliphatic rings. The first-order chi connectivity index (χ1) is 4.39. The van der Waals surface area contributed by atoms with Crippen LogP contribution in [-0.4, -0.2) is 0 Å². The van der Waals surface area contributed by atoms with Crippen molar-refractivity contribution in [2.75, 3.05) is 0 Å². The summed E-state index contributed by atoms with van der Waals surface area (Å²) in [6, 6.07) is 0. The van der Waals surface area contributed by atoms with E-state index in [-0.39, 0.29) is 0 Å². The molecule has 0 bridgehead atoms. The summed E-state index contributed by atoms with van der Waals surface area (Å²) in [6.45, 7) is 4.05. The fraction of sp³-hybridized carbons (Fsp3) is 0.667. The summed E-state index contributed by atoms with van der Waals surface area (Å²) in [5, 5.41) is 0. The van der Waals surface area contributed by atoms with Crippen molar-refractivity contribution >= 4 is 0 Å². The third-order valence-corrected chi connectivity index (χ3v) is 1.87. The maximum atomic E-state index is 4.05. The van der Waals surface area contributed by atoms with Gasteiger partial charge in [-0.05, 0) is 32.1 Å². The van der Waals surface area contributed by atoms with Gasteiger partial charge in [0.25, 0.3) is 0 Å². The molecule has 0 aromatic carbocycles. The second-order valence-corrected chi connectivity index (χ2v) is 2.86. The first kappa shape index (κ1) is 6.85. The molecule has 0 heterocycles. The molecule has 1 atom stereocenters. The largest absolute Gasteiger partial charge is 0.0885 e. The van der Waals surface area contributed by atoms with Gasteiger partial charge < -0.3 is 0 Å². The zero-order chi connectivity index (χ0) is 6.53. The Morgan fingerprint density at radius 1 is 1.22 bits per heavy atom. The molecule has 0 N–H and O–H groups in total. The highest BCUT2D eigenvalue weighted by atomic mass is 14.1. The van der Waals surface area contributed by atoms with E-state index < -0.39 is 0 Å². The van der Waals surface area contributed by atoms with Crippen LogP contribution < -0.4 is 0 Å². The second kappa shape index (κ2) is 3.71. The van der Waals surface area contributed by atoms with Crippen molar-refractivity contribution in [2.45, 2.75) is 32.1 Å². The lowest BCUT2D eigenvalue weighted by Gasteiger charge is -2.09. The van der Waals surface area contributed by atoms with Crippen LogP contribution in [0.3, 0.4) is 0 Å². The molecule has 1 radical (unpaired) electrons. The molecule has 1 unspecified atom stereocenters. The first-order valence-electron chi connectivity index (χ1n) is 3.87. The highest BCUT2D eigenvalue weighted by Gasteiger charge is 2.00. The molecule has 0 spiro atoms. The molecule has 0 fully saturated rings. The molecule has 0 aromatic heterocycles. The van der Waals surface area contributed by atoms with Crippen molar-refractivity contribution in [3.8, 4) is 0 Å². The lowest BCUT2D eigenvalue weighted by Crippen LogP contribution is -1.94. The van der Waals surface area contributed by atoms with Crippen LogP contribution in [0.25, 0.3) is 0 Å². The van der Waals surface area contributed by atoms with Crippen LogP contribution in [0.15, 0.2) is 12.2 Å². The van der Waals surface area contributed by atoms with E-state index in [4.69, 9.17) is 0 Å². The molecule has 1 aliphatic carbocycles. The van der Waals surface area contributed by atoms with E-state index in [0.29, 0.717) is 5.92 Å². The van der Waals surface area contributed by atoms with Crippen molar-refractivity contribution in [3.63, 3.8) is 0 Å². The summed E-state index contributed by atoms with van der Waals surface area (Å²) in [5.41, 5.74) is 0. The average molecular weight is 123 g/mol. The van der Waals surface area contributed by atoms with E-state index in [1.165, 1.54) is 32.1 Å². The van der Waals surface area contributed by atoms with E-state index in [2.05, 4.69) is 19.1 Å². The van der Waals surface area contributed by atoms with Gasteiger partial charge in [0.15, 0.2) is 0 Å². The van der Waals surface area contributed by atoms with Gasteiger partial charge in [-0.15, -0.1) is 0 Å². The SMILES string of the molecule is [CH2]C1C/C=C\CCCC1. The average Bonchev–Trinajstić information content (AvgIpc) is 1.79. The van der Waals surface area contributed by atoms with Crippen LogP contribution in [0, 0.1) is 12.8 Å². The number of rotatable bonds is 0. The molecular weight excluding hydrogens is 108 g/mol. The zero-order valence-corrected chi connectivity index (χ0v) is 5.97. The van der Waals surface area contributed by atoms with Gasteiger partial charge in [-0.25, -0.2) is 0 Å². The lowest BCUT2D eigenvalue weighted by atomic mass is 9.97. The molecule has 0 nitrogen and oxygen atoms in total. The number of hydrogen-bond donors (Lipinski definition) is 0. The molecule has 0 aliphatic heterocycles. The van der Waals surface area contributed by atoms with Gasteiger partial charge in [-0.3, -0.25) is 0 Å². The van der Waals surface area contributed by atoms with Crippen molar-refractivity contribution in [1.82, 2.24) is 0 Å². The quantitative estimate of drug-likeness (QED) is 0.434. The Morgan fingerprint density at radius 2 is 2.11 bits per heavy atom. The van der Waals surface area contributed by atoms with Crippen LogP contribution in [0.1, 0.15) is 32.1 Å². The topological polar surface area (TPSA) is 0 Å². The van der Waals surface area contributed by atoms with Crippen LogP contribution >= 0.6 is 0 Å². The standard InChI is InChI=1S/C9H15/c1-9-7-5-3-2-4-6-8-9/h3,5,9H,1-2,4,6-8H2/b5-3-. The summed E-state index contributed by atoms with van der Waals surface area (Å²) in [6.07, 6.45) is 11.1. The molecule has 9 heavy (non-hydrogen) atoms. The van der Waals surface area contributed by atoms with Gasteiger partial charge in [0.05, 0.1) is 0 Å². The summed E-state index contributed by atoms with van der Waals surface area (Å²) >= 11 is 0. The Balaban J connectivity index is 2.28. The fourth-order valence-corrected chi connectivity index (χ4v) is 1.22. The second-order valence-electron chi connectivity index (χ2n) is 2.86. The summed E-state index contributed by atoms with van der Waals surface area (Å²) in [5.74, 6) is 0.682. The molecule has 0 amide bonds. The highest BCUT2D eigenvalue weighted by Crippen LogP contribution is 2.16. The fourth-order valence-electron chi connectivity index (χ4n) is 1.22. The molecule has 0 saturated carbocycles. The summed E-state index contributed by atoms with van der Waals surface area (Å²) in [4.78, 5) is 0. The third kappa shape index (κ3) is 2.69. The smallest absolute Gasteiger partial charge is 0.0322 e. The summed E-state index contributed by atoms with van der Waals surface area (Å²) in [7, 11) is 0. The van der Waals surface area contributed by atoms with Gasteiger partial charge >= 0.3 is 0 Å². The van der Waals surface area contributed by atoms with Crippen molar-refractivity contribution in [1.29, 1.82) is 0 Å². The zero-order valence-electron chi connectivity index (χ0n) is 5.97. The van der Waals surface area contributed by atoms with Crippen molar-refractivity contribution < 1.29 is 0 Å². The predicted molar refractivity (Wildman–Crippen MR) is 41.1 cm³/mol. The highest BCUT2D eigenvalue weighted by molar-refractivity contribution is 4.86. The van der Waals surface area contributed by atoms with Crippen LogP contribution in [-0.2, 0) is 0 Å². The monoisotopic (exact) mass is 123 g/mol. The van der Waals surface area contributed by atoms with Crippen molar-refractivity contribution in [3.05, 3.63) is 19.1 Å². The van der Waals surface area contributed by atoms with Crippen LogP contribution in [0.4, 0.5) is 0 Å². The van der Waals surface area contributed by atoms with E-state index in [0.717, 1.165) is 0 Å². The Bertz CT molecular complexity index is 92.2. The van der Waals surface area contributed by atoms with Crippen molar-refractivity contribution in [2.24, 2.45) is 5.92 Å². The van der Waals surface area contributed by atoms with Crippen LogP contribution in [0.2, 0.25) is 0 Å². The molecule has 0 saturated heterocycles. The van der Waals surface area contributed by atoms with Gasteiger partial charge in [-0.1, -0.05) is 25.0 Å². The Morgan fingerprint density at radius 3 is 3.00 bits per heavy atom. The molecule has 0 heteroatoms. The minimum absolute atomic E-state index is 0.682. The normalized spacial score (nSPS) is 32.8. The van der Waals surface area contributed by atoms with E-state index >= 15 is 0 Å².